The number of carbonyl (C=O) groups excluding carboxylic acids is 2. The van der Waals surface area contributed by atoms with Gasteiger partial charge >= 0.3 is 11.9 Å². The number of carbonyl (C=O) groups is 2. The zero-order chi connectivity index (χ0) is 11.6. The van der Waals surface area contributed by atoms with Crippen LogP contribution < -0.4 is 0 Å². The standard InChI is InChI=1S/C10H16O5/c1-5-8(4-11)15-10(13)6(2)9(5)14-7(3)12/h5-6,8-9,11H,4H2,1-3H3/t5-,6-,8+,9-/m0/s1. The SMILES string of the molecule is CC(=O)O[C@H]1[C@@H](C)[C@@H](CO)OC(=O)[C@H]1C. The molecule has 0 radical (unpaired) electrons. The van der Waals surface area contributed by atoms with E-state index in [-0.39, 0.29) is 12.5 Å². The van der Waals surface area contributed by atoms with Crippen LogP contribution in [0.3, 0.4) is 0 Å². The van der Waals surface area contributed by atoms with Crippen LogP contribution in [0, 0.1) is 11.8 Å². The molecule has 1 rings (SSSR count). The molecule has 0 aliphatic carbocycles. The van der Waals surface area contributed by atoms with E-state index in [9.17, 15) is 9.59 Å². The fourth-order valence-electron chi connectivity index (χ4n) is 1.77. The highest BCUT2D eigenvalue weighted by Crippen LogP contribution is 2.28. The summed E-state index contributed by atoms with van der Waals surface area (Å²) in [7, 11) is 0. The number of hydrogen-bond donors (Lipinski definition) is 1. The maximum absolute atomic E-state index is 11.4. The summed E-state index contributed by atoms with van der Waals surface area (Å²) >= 11 is 0. The van der Waals surface area contributed by atoms with E-state index in [1.807, 2.05) is 0 Å². The third kappa shape index (κ3) is 2.47. The highest BCUT2D eigenvalue weighted by Gasteiger charge is 2.43. The van der Waals surface area contributed by atoms with Crippen LogP contribution in [-0.2, 0) is 19.1 Å². The molecule has 0 aromatic heterocycles. The molecule has 4 atom stereocenters. The first kappa shape index (κ1) is 12.0. The molecule has 5 nitrogen and oxygen atoms in total. The minimum Gasteiger partial charge on any atom is -0.461 e. The molecule has 5 heteroatoms. The minimum atomic E-state index is -0.585. The lowest BCUT2D eigenvalue weighted by Crippen LogP contribution is -2.49. The van der Waals surface area contributed by atoms with Crippen molar-refractivity contribution in [2.75, 3.05) is 6.61 Å². The van der Waals surface area contributed by atoms with Gasteiger partial charge in [-0.2, -0.15) is 0 Å². The molecule has 0 aromatic carbocycles. The van der Waals surface area contributed by atoms with E-state index >= 15 is 0 Å². The fraction of sp³-hybridized carbons (Fsp3) is 0.800. The first-order valence-corrected chi connectivity index (χ1v) is 4.96. The van der Waals surface area contributed by atoms with Gasteiger partial charge in [0.2, 0.25) is 0 Å². The zero-order valence-corrected chi connectivity index (χ0v) is 9.10. The van der Waals surface area contributed by atoms with Crippen LogP contribution in [0.2, 0.25) is 0 Å². The number of ether oxygens (including phenoxy) is 2. The first-order chi connectivity index (χ1) is 6.97. The molecule has 1 aliphatic rings. The van der Waals surface area contributed by atoms with Gasteiger partial charge in [-0.3, -0.25) is 9.59 Å². The second kappa shape index (κ2) is 4.61. The van der Waals surface area contributed by atoms with Crippen molar-refractivity contribution in [3.8, 4) is 0 Å². The van der Waals surface area contributed by atoms with Gasteiger partial charge in [0.1, 0.15) is 12.2 Å². The van der Waals surface area contributed by atoms with E-state index in [1.54, 1.807) is 13.8 Å². The molecule has 0 aromatic rings. The van der Waals surface area contributed by atoms with E-state index in [1.165, 1.54) is 6.92 Å². The Labute approximate surface area is 88.4 Å². The highest BCUT2D eigenvalue weighted by atomic mass is 16.6. The Morgan fingerprint density at radius 1 is 1.53 bits per heavy atom. The summed E-state index contributed by atoms with van der Waals surface area (Å²) < 4.78 is 10.1. The third-order valence-corrected chi connectivity index (χ3v) is 2.72. The van der Waals surface area contributed by atoms with E-state index in [4.69, 9.17) is 14.6 Å². The van der Waals surface area contributed by atoms with E-state index in [0.29, 0.717) is 0 Å². The van der Waals surface area contributed by atoms with Gasteiger partial charge < -0.3 is 14.6 Å². The number of cyclic esters (lactones) is 1. The Kier molecular flexibility index (Phi) is 3.68. The van der Waals surface area contributed by atoms with Crippen molar-refractivity contribution < 1.29 is 24.2 Å². The first-order valence-electron chi connectivity index (χ1n) is 4.96. The van der Waals surface area contributed by atoms with Gasteiger partial charge in [0.05, 0.1) is 12.5 Å². The van der Waals surface area contributed by atoms with Gasteiger partial charge in [0.15, 0.2) is 0 Å². The fourth-order valence-corrected chi connectivity index (χ4v) is 1.77. The van der Waals surface area contributed by atoms with Crippen molar-refractivity contribution in [2.45, 2.75) is 33.0 Å². The van der Waals surface area contributed by atoms with Gasteiger partial charge in [-0.1, -0.05) is 6.92 Å². The average Bonchev–Trinajstić information content (AvgIpc) is 2.18. The topological polar surface area (TPSA) is 72.8 Å². The van der Waals surface area contributed by atoms with Gasteiger partial charge in [0.25, 0.3) is 0 Å². The van der Waals surface area contributed by atoms with E-state index in [2.05, 4.69) is 0 Å². The summed E-state index contributed by atoms with van der Waals surface area (Å²) in [4.78, 5) is 22.2. The number of aliphatic hydroxyl groups is 1. The lowest BCUT2D eigenvalue weighted by Gasteiger charge is -2.37. The Hall–Kier alpha value is -1.10. The number of hydrogen-bond acceptors (Lipinski definition) is 5. The second-order valence-corrected chi connectivity index (χ2v) is 3.88. The van der Waals surface area contributed by atoms with Gasteiger partial charge in [0, 0.05) is 12.8 Å². The van der Waals surface area contributed by atoms with Crippen molar-refractivity contribution >= 4 is 11.9 Å². The number of rotatable bonds is 2. The predicted molar refractivity (Wildman–Crippen MR) is 50.8 cm³/mol. The quantitative estimate of drug-likeness (QED) is 0.663. The third-order valence-electron chi connectivity index (χ3n) is 2.72. The summed E-state index contributed by atoms with van der Waals surface area (Å²) in [6.07, 6.45) is -1.10. The van der Waals surface area contributed by atoms with Crippen molar-refractivity contribution in [1.29, 1.82) is 0 Å². The van der Waals surface area contributed by atoms with Gasteiger partial charge in [-0.25, -0.2) is 0 Å². The molecular weight excluding hydrogens is 200 g/mol. The van der Waals surface area contributed by atoms with E-state index < -0.39 is 30.1 Å². The molecule has 1 heterocycles. The molecule has 0 unspecified atom stereocenters. The van der Waals surface area contributed by atoms with E-state index in [0.717, 1.165) is 0 Å². The van der Waals surface area contributed by atoms with Crippen molar-refractivity contribution in [3.05, 3.63) is 0 Å². The van der Waals surface area contributed by atoms with Crippen molar-refractivity contribution in [2.24, 2.45) is 11.8 Å². The Balaban J connectivity index is 2.79. The molecule has 1 N–H and O–H groups in total. The lowest BCUT2D eigenvalue weighted by atomic mass is 9.86. The maximum atomic E-state index is 11.4. The molecule has 15 heavy (non-hydrogen) atoms. The largest absolute Gasteiger partial charge is 0.461 e. The molecule has 1 saturated heterocycles. The van der Waals surface area contributed by atoms with Crippen molar-refractivity contribution in [1.82, 2.24) is 0 Å². The summed E-state index contributed by atoms with van der Waals surface area (Å²) in [6.45, 7) is 4.49. The van der Waals surface area contributed by atoms with Crippen LogP contribution in [-0.4, -0.2) is 35.9 Å². The second-order valence-electron chi connectivity index (χ2n) is 3.88. The van der Waals surface area contributed by atoms with Crippen molar-refractivity contribution in [3.63, 3.8) is 0 Å². The molecule has 1 aliphatic heterocycles. The van der Waals surface area contributed by atoms with Gasteiger partial charge in [-0.05, 0) is 6.92 Å². The number of aliphatic hydroxyl groups excluding tert-OH is 1. The predicted octanol–water partition coefficient (Wildman–Crippen LogP) is 0.108. The smallest absolute Gasteiger partial charge is 0.312 e. The average molecular weight is 216 g/mol. The number of esters is 2. The molecule has 1 fully saturated rings. The lowest BCUT2D eigenvalue weighted by molar-refractivity contribution is -0.189. The molecule has 0 spiro atoms. The highest BCUT2D eigenvalue weighted by molar-refractivity contribution is 5.75. The van der Waals surface area contributed by atoms with Gasteiger partial charge in [-0.15, -0.1) is 0 Å². The normalized spacial score (nSPS) is 35.9. The molecule has 86 valence electrons. The monoisotopic (exact) mass is 216 g/mol. The van der Waals surface area contributed by atoms with Crippen LogP contribution >= 0.6 is 0 Å². The summed E-state index contributed by atoms with van der Waals surface area (Å²) in [5.41, 5.74) is 0. The molecule has 0 amide bonds. The van der Waals surface area contributed by atoms with Crippen LogP contribution in [0.15, 0.2) is 0 Å². The Morgan fingerprint density at radius 2 is 2.13 bits per heavy atom. The maximum Gasteiger partial charge on any atom is 0.312 e. The Morgan fingerprint density at radius 3 is 2.60 bits per heavy atom. The molecular formula is C10H16O5. The van der Waals surface area contributed by atoms with Crippen LogP contribution in [0.4, 0.5) is 0 Å². The minimum absolute atomic E-state index is 0.188. The van der Waals surface area contributed by atoms with Crippen LogP contribution in [0.1, 0.15) is 20.8 Å². The molecule has 0 saturated carbocycles. The summed E-state index contributed by atoms with van der Waals surface area (Å²) in [5.74, 6) is -1.53. The zero-order valence-electron chi connectivity index (χ0n) is 9.10. The summed E-state index contributed by atoms with van der Waals surface area (Å²) in [5, 5.41) is 9.00. The van der Waals surface area contributed by atoms with Crippen LogP contribution in [0.25, 0.3) is 0 Å². The summed E-state index contributed by atoms with van der Waals surface area (Å²) in [6, 6.07) is 0. The Bertz CT molecular complexity index is 263. The van der Waals surface area contributed by atoms with Crippen LogP contribution in [0.5, 0.6) is 0 Å². The molecule has 0 bridgehead atoms.